The summed E-state index contributed by atoms with van der Waals surface area (Å²) in [7, 11) is 0. The zero-order chi connectivity index (χ0) is 20.6. The second-order valence-corrected chi connectivity index (χ2v) is 8.07. The minimum Gasteiger partial charge on any atom is -0.355 e. The Balaban J connectivity index is 1.67. The van der Waals surface area contributed by atoms with Gasteiger partial charge in [0.2, 0.25) is 5.91 Å². The summed E-state index contributed by atoms with van der Waals surface area (Å²) in [5.74, 6) is 0.423. The number of unbranched alkanes of at least 4 members (excludes halogenated alkanes) is 1. The van der Waals surface area contributed by atoms with Crippen molar-refractivity contribution < 1.29 is 4.79 Å². The molecule has 1 aromatic heterocycles. The van der Waals surface area contributed by atoms with Gasteiger partial charge in [-0.25, -0.2) is 4.98 Å². The second-order valence-electron chi connectivity index (χ2n) is 7.13. The van der Waals surface area contributed by atoms with Gasteiger partial charge in [0.15, 0.2) is 5.16 Å². The van der Waals surface area contributed by atoms with Crippen LogP contribution in [0.15, 0.2) is 64.5 Å². The van der Waals surface area contributed by atoms with Crippen LogP contribution in [0, 0.1) is 0 Å². The van der Waals surface area contributed by atoms with Crippen LogP contribution in [0.25, 0.3) is 10.9 Å². The number of amides is 1. The van der Waals surface area contributed by atoms with E-state index >= 15 is 0 Å². The molecule has 0 aliphatic carbocycles. The summed E-state index contributed by atoms with van der Waals surface area (Å²) in [6.45, 7) is 5.38. The van der Waals surface area contributed by atoms with Gasteiger partial charge in [-0.15, -0.1) is 0 Å². The van der Waals surface area contributed by atoms with Crippen molar-refractivity contribution in [1.82, 2.24) is 14.9 Å². The molecule has 1 unspecified atom stereocenters. The van der Waals surface area contributed by atoms with Crippen molar-refractivity contribution >= 4 is 28.6 Å². The number of carbonyl (C=O) groups excluding carboxylic acids is 1. The average Bonchev–Trinajstić information content (AvgIpc) is 2.76. The fourth-order valence-corrected chi connectivity index (χ4v) is 3.97. The molecule has 29 heavy (non-hydrogen) atoms. The summed E-state index contributed by atoms with van der Waals surface area (Å²) in [5.41, 5.74) is 1.83. The first-order valence-corrected chi connectivity index (χ1v) is 11.0. The summed E-state index contributed by atoms with van der Waals surface area (Å²) < 4.78 is 1.70. The minimum absolute atomic E-state index is 0.0374. The standard InChI is InChI=1S/C23H27N3O2S/c1-3-4-14-26-22(28)19-12-8-9-13-20(19)25-23(26)29-16-21(27)24-15-17(2)18-10-6-5-7-11-18/h5-13,17H,3-4,14-16H2,1-2H3,(H,24,27). The van der Waals surface area contributed by atoms with Crippen molar-refractivity contribution in [3.05, 3.63) is 70.5 Å². The molecule has 0 saturated carbocycles. The number of hydrogen-bond donors (Lipinski definition) is 1. The van der Waals surface area contributed by atoms with Gasteiger partial charge < -0.3 is 5.32 Å². The summed E-state index contributed by atoms with van der Waals surface area (Å²) in [6.07, 6.45) is 1.88. The van der Waals surface area contributed by atoms with Gasteiger partial charge >= 0.3 is 0 Å². The number of para-hydroxylation sites is 1. The van der Waals surface area contributed by atoms with Crippen LogP contribution >= 0.6 is 11.8 Å². The number of thioether (sulfide) groups is 1. The molecule has 0 aliphatic rings. The molecule has 0 bridgehead atoms. The van der Waals surface area contributed by atoms with E-state index in [0.29, 0.717) is 29.1 Å². The lowest BCUT2D eigenvalue weighted by Gasteiger charge is -2.14. The summed E-state index contributed by atoms with van der Waals surface area (Å²) >= 11 is 1.32. The van der Waals surface area contributed by atoms with Gasteiger partial charge in [0, 0.05) is 13.1 Å². The minimum atomic E-state index is -0.0535. The summed E-state index contributed by atoms with van der Waals surface area (Å²) in [5, 5.41) is 4.22. The topological polar surface area (TPSA) is 64.0 Å². The Morgan fingerprint density at radius 2 is 1.86 bits per heavy atom. The third-order valence-corrected chi connectivity index (χ3v) is 5.84. The van der Waals surface area contributed by atoms with Crippen LogP contribution in [0.2, 0.25) is 0 Å². The number of fused-ring (bicyclic) bond motifs is 1. The molecular formula is C23H27N3O2S. The van der Waals surface area contributed by atoms with Crippen LogP contribution in [0.4, 0.5) is 0 Å². The highest BCUT2D eigenvalue weighted by Crippen LogP contribution is 2.19. The fourth-order valence-electron chi connectivity index (χ4n) is 3.12. The molecule has 6 heteroatoms. The molecule has 1 N–H and O–H groups in total. The maximum Gasteiger partial charge on any atom is 0.262 e. The zero-order valence-electron chi connectivity index (χ0n) is 16.9. The smallest absolute Gasteiger partial charge is 0.262 e. The molecular weight excluding hydrogens is 382 g/mol. The van der Waals surface area contributed by atoms with Crippen LogP contribution in [0.1, 0.15) is 38.2 Å². The first-order chi connectivity index (χ1) is 14.1. The Bertz CT molecular complexity index is 1020. The molecule has 0 radical (unpaired) electrons. The third-order valence-electron chi connectivity index (χ3n) is 4.87. The van der Waals surface area contributed by atoms with E-state index in [0.717, 1.165) is 12.8 Å². The highest BCUT2D eigenvalue weighted by molar-refractivity contribution is 7.99. The van der Waals surface area contributed by atoms with Gasteiger partial charge in [-0.05, 0) is 30.0 Å². The first kappa shape index (κ1) is 21.1. The Hall–Kier alpha value is -2.60. The molecule has 0 aliphatic heterocycles. The van der Waals surface area contributed by atoms with E-state index in [1.807, 2.05) is 36.4 Å². The lowest BCUT2D eigenvalue weighted by Crippen LogP contribution is -2.29. The molecule has 1 heterocycles. The van der Waals surface area contributed by atoms with E-state index in [4.69, 9.17) is 0 Å². The van der Waals surface area contributed by atoms with E-state index in [1.54, 1.807) is 10.6 Å². The number of nitrogens with one attached hydrogen (secondary N) is 1. The number of aromatic nitrogens is 2. The number of rotatable bonds is 9. The Morgan fingerprint density at radius 1 is 1.14 bits per heavy atom. The van der Waals surface area contributed by atoms with Crippen LogP contribution in [0.3, 0.4) is 0 Å². The van der Waals surface area contributed by atoms with E-state index in [-0.39, 0.29) is 23.1 Å². The van der Waals surface area contributed by atoms with Gasteiger partial charge in [0.1, 0.15) is 0 Å². The number of benzene rings is 2. The first-order valence-electron chi connectivity index (χ1n) is 10.0. The second kappa shape index (κ2) is 10.3. The van der Waals surface area contributed by atoms with Crippen molar-refractivity contribution in [2.75, 3.05) is 12.3 Å². The van der Waals surface area contributed by atoms with E-state index in [9.17, 15) is 9.59 Å². The molecule has 2 aromatic carbocycles. The maximum absolute atomic E-state index is 12.9. The molecule has 0 spiro atoms. The van der Waals surface area contributed by atoms with Crippen molar-refractivity contribution in [2.45, 2.75) is 44.3 Å². The monoisotopic (exact) mass is 409 g/mol. The third kappa shape index (κ3) is 5.48. The van der Waals surface area contributed by atoms with E-state index < -0.39 is 0 Å². The fraction of sp³-hybridized carbons (Fsp3) is 0.348. The summed E-state index contributed by atoms with van der Waals surface area (Å²) in [6, 6.07) is 17.5. The van der Waals surface area contributed by atoms with Crippen molar-refractivity contribution in [3.63, 3.8) is 0 Å². The average molecular weight is 410 g/mol. The number of hydrogen-bond acceptors (Lipinski definition) is 4. The SMILES string of the molecule is CCCCn1c(SCC(=O)NCC(C)c2ccccc2)nc2ccccc2c1=O. The molecule has 1 amide bonds. The molecule has 152 valence electrons. The van der Waals surface area contributed by atoms with E-state index in [1.165, 1.54) is 17.3 Å². The van der Waals surface area contributed by atoms with Crippen molar-refractivity contribution in [1.29, 1.82) is 0 Å². The molecule has 1 atom stereocenters. The molecule has 5 nitrogen and oxygen atoms in total. The van der Waals surface area contributed by atoms with Crippen LogP contribution in [-0.2, 0) is 11.3 Å². The van der Waals surface area contributed by atoms with Gasteiger partial charge in [0.25, 0.3) is 5.56 Å². The van der Waals surface area contributed by atoms with Crippen LogP contribution in [-0.4, -0.2) is 27.8 Å². The van der Waals surface area contributed by atoms with Gasteiger partial charge in [-0.2, -0.15) is 0 Å². The Kier molecular flexibility index (Phi) is 7.47. The van der Waals surface area contributed by atoms with Crippen molar-refractivity contribution in [2.24, 2.45) is 0 Å². The van der Waals surface area contributed by atoms with Gasteiger partial charge in [-0.1, -0.05) is 74.5 Å². The zero-order valence-corrected chi connectivity index (χ0v) is 17.7. The predicted molar refractivity (Wildman–Crippen MR) is 120 cm³/mol. The van der Waals surface area contributed by atoms with Crippen molar-refractivity contribution in [3.8, 4) is 0 Å². The molecule has 3 rings (SSSR count). The normalized spacial score (nSPS) is 12.1. The quantitative estimate of drug-likeness (QED) is 0.425. The molecule has 0 fully saturated rings. The number of carbonyl (C=O) groups is 1. The highest BCUT2D eigenvalue weighted by atomic mass is 32.2. The van der Waals surface area contributed by atoms with E-state index in [2.05, 4.69) is 36.3 Å². The predicted octanol–water partition coefficient (Wildman–Crippen LogP) is 4.21. The van der Waals surface area contributed by atoms with Gasteiger partial charge in [0.05, 0.1) is 16.7 Å². The summed E-state index contributed by atoms with van der Waals surface area (Å²) in [4.78, 5) is 29.9. The largest absolute Gasteiger partial charge is 0.355 e. The maximum atomic E-state index is 12.9. The number of nitrogens with zero attached hydrogens (tertiary/aromatic N) is 2. The Labute approximate surface area is 175 Å². The lowest BCUT2D eigenvalue weighted by molar-refractivity contribution is -0.118. The van der Waals surface area contributed by atoms with Crippen LogP contribution in [0.5, 0.6) is 0 Å². The molecule has 3 aromatic rings. The highest BCUT2D eigenvalue weighted by Gasteiger charge is 2.13. The Morgan fingerprint density at radius 3 is 2.62 bits per heavy atom. The molecule has 0 saturated heterocycles. The van der Waals surface area contributed by atoms with Gasteiger partial charge in [-0.3, -0.25) is 14.2 Å². The lowest BCUT2D eigenvalue weighted by atomic mass is 10.0. The van der Waals surface area contributed by atoms with Crippen LogP contribution < -0.4 is 10.9 Å².